The standard InChI is InChI=1S/C12H18N3O4S.C7H16N2O4S.C2H8N2O2S.C2H7N/c1-12(2,3)19-11(16)13-20(17,18)15-8-6-10(7-9-15)14(4)5;1-7(2,3)13-6(10)8-14(11,12)9(4)5;1-4(2)7(3,5)6;1-3-2/h6-9H,4H2,1-3,5H3;1-5H3,(H,8,10);1-2H3,(H2,3,5,6);3H,1-2H3/q+1;;;/p+1. The summed E-state index contributed by atoms with van der Waals surface area (Å²) in [4.78, 5) is 22.5. The summed E-state index contributed by atoms with van der Waals surface area (Å²) < 4.78 is 83.7. The average Bonchev–Trinajstić information content (AvgIpc) is 2.76. The van der Waals surface area contributed by atoms with Gasteiger partial charge in [-0.05, 0) is 55.6 Å². The van der Waals surface area contributed by atoms with Crippen LogP contribution in [0.5, 0.6) is 0 Å². The zero-order valence-electron chi connectivity index (χ0n) is 27.7. The normalized spacial score (nSPS) is 11.8. The molecule has 1 rings (SSSR count). The van der Waals surface area contributed by atoms with Crippen LogP contribution in [0.15, 0.2) is 24.5 Å². The van der Waals surface area contributed by atoms with E-state index in [0.717, 1.165) is 18.3 Å². The molecule has 21 heteroatoms. The molecule has 44 heavy (non-hydrogen) atoms. The predicted octanol–water partition coefficient (Wildman–Crippen LogP) is -0.529. The van der Waals surface area contributed by atoms with Gasteiger partial charge in [0.2, 0.25) is 5.69 Å². The van der Waals surface area contributed by atoms with E-state index in [0.29, 0.717) is 0 Å². The Morgan fingerprint density at radius 2 is 1.14 bits per heavy atom. The molecule has 1 heterocycles. The molecule has 5 N–H and O–H groups in total. The van der Waals surface area contributed by atoms with Gasteiger partial charge in [0.25, 0.3) is 10.2 Å². The van der Waals surface area contributed by atoms with Gasteiger partial charge in [0.1, 0.15) is 25.0 Å². The fraction of sp³-hybridized carbons (Fsp3) is 0.652. The van der Waals surface area contributed by atoms with Crippen LogP contribution >= 0.6 is 0 Å². The molecule has 0 radical (unpaired) electrons. The van der Waals surface area contributed by atoms with Crippen LogP contribution in [0.25, 0.3) is 0 Å². The van der Waals surface area contributed by atoms with Gasteiger partial charge < -0.3 is 14.8 Å². The highest BCUT2D eigenvalue weighted by atomic mass is 32.2. The number of rotatable bonds is 6. The fourth-order valence-electron chi connectivity index (χ4n) is 1.77. The summed E-state index contributed by atoms with van der Waals surface area (Å²) in [6, 6.07) is 3.11. The van der Waals surface area contributed by atoms with E-state index in [9.17, 15) is 34.8 Å². The van der Waals surface area contributed by atoms with E-state index >= 15 is 0 Å². The number of carbonyl (C=O) groups is 2. The summed E-state index contributed by atoms with van der Waals surface area (Å²) in [6.45, 7) is 13.5. The molecule has 2 amide bonds. The number of pyridine rings is 1. The highest BCUT2D eigenvalue weighted by Gasteiger charge is 2.28. The second kappa shape index (κ2) is 18.8. The first-order valence-electron chi connectivity index (χ1n) is 12.5. The van der Waals surface area contributed by atoms with E-state index in [-0.39, 0.29) is 0 Å². The van der Waals surface area contributed by atoms with Gasteiger partial charge in [0, 0.05) is 28.2 Å². The van der Waals surface area contributed by atoms with Gasteiger partial charge >= 0.3 is 32.6 Å². The van der Waals surface area contributed by atoms with Crippen LogP contribution < -0.4 is 23.9 Å². The Labute approximate surface area is 262 Å². The van der Waals surface area contributed by atoms with Gasteiger partial charge in [-0.3, -0.25) is 0 Å². The van der Waals surface area contributed by atoms with Crippen LogP contribution in [0.4, 0.5) is 15.3 Å². The third-order valence-corrected chi connectivity index (χ3v) is 7.34. The van der Waals surface area contributed by atoms with Crippen LogP contribution in [0.2, 0.25) is 0 Å². The van der Waals surface area contributed by atoms with Crippen LogP contribution in [-0.2, 0) is 40.1 Å². The molecule has 0 bridgehead atoms. The van der Waals surface area contributed by atoms with Gasteiger partial charge in [0.15, 0.2) is 12.4 Å². The number of ether oxygens (including phenoxy) is 2. The van der Waals surface area contributed by atoms with Gasteiger partial charge in [-0.2, -0.15) is 30.2 Å². The van der Waals surface area contributed by atoms with Crippen molar-refractivity contribution in [1.29, 1.82) is 0 Å². The third-order valence-electron chi connectivity index (χ3n) is 3.71. The minimum absolute atomic E-state index is 0.716. The molecule has 0 spiro atoms. The summed E-state index contributed by atoms with van der Waals surface area (Å²) >= 11 is 0. The molecule has 0 aliphatic carbocycles. The van der Waals surface area contributed by atoms with Crippen molar-refractivity contribution in [2.75, 3.05) is 49.3 Å². The lowest BCUT2D eigenvalue weighted by Crippen LogP contribution is -2.52. The SMILES string of the molecule is C=[N+](C)c1cc[n+](S(=O)(=O)NC(=O)OC(C)(C)C)cc1.CN(C)S(=O)(=O)NC(=O)OC(C)(C)C.CN(C)S(N)(=O)=O.CNC. The molecule has 0 aliphatic rings. The fourth-order valence-corrected chi connectivity index (χ4v) is 3.01. The first-order chi connectivity index (χ1) is 19.4. The largest absolute Gasteiger partial charge is 0.475 e. The predicted molar refractivity (Wildman–Crippen MR) is 167 cm³/mol. The van der Waals surface area contributed by atoms with Crippen molar-refractivity contribution in [2.45, 2.75) is 52.7 Å². The van der Waals surface area contributed by atoms with Crippen molar-refractivity contribution >= 4 is 55.2 Å². The molecule has 0 unspecified atom stereocenters. The number of hydrogen-bond acceptors (Lipinski definition) is 11. The van der Waals surface area contributed by atoms with Crippen LogP contribution in [0.1, 0.15) is 41.5 Å². The van der Waals surface area contributed by atoms with Crippen molar-refractivity contribution in [1.82, 2.24) is 23.4 Å². The molecule has 0 saturated heterocycles. The number of hydrogen-bond donors (Lipinski definition) is 4. The molecule has 1 aromatic heterocycles. The topological polar surface area (TPSA) is 230 Å². The first kappa shape index (κ1) is 45.5. The quantitative estimate of drug-likeness (QED) is 0.218. The Morgan fingerprint density at radius 3 is 1.39 bits per heavy atom. The van der Waals surface area contributed by atoms with E-state index in [1.54, 1.807) is 70.0 Å². The highest BCUT2D eigenvalue weighted by Crippen LogP contribution is 2.08. The number of nitrogens with one attached hydrogen (secondary N) is 3. The zero-order chi connectivity index (χ0) is 35.9. The Hall–Kier alpha value is -2.95. The molecule has 0 fully saturated rings. The van der Waals surface area contributed by atoms with E-state index in [1.165, 1.54) is 40.6 Å². The van der Waals surface area contributed by atoms with E-state index in [2.05, 4.69) is 17.2 Å². The van der Waals surface area contributed by atoms with Crippen molar-refractivity contribution in [3.63, 3.8) is 0 Å². The maximum atomic E-state index is 11.9. The summed E-state index contributed by atoms with van der Waals surface area (Å²) in [5.41, 5.74) is -0.759. The van der Waals surface area contributed by atoms with E-state index in [1.807, 2.05) is 18.8 Å². The third kappa shape index (κ3) is 23.5. The molecule has 0 saturated carbocycles. The average molecular weight is 695 g/mol. The summed E-state index contributed by atoms with van der Waals surface area (Å²) in [6.07, 6.45) is 0.613. The molecule has 0 atom stereocenters. The van der Waals surface area contributed by atoms with Crippen molar-refractivity contribution in [3.8, 4) is 0 Å². The minimum atomic E-state index is -4.02. The number of nitrogens with zero attached hydrogens (tertiary/aromatic N) is 4. The second-order valence-electron chi connectivity index (χ2n) is 10.9. The lowest BCUT2D eigenvalue weighted by atomic mass is 10.2. The number of nitrogens with two attached hydrogens (primary N) is 1. The number of amides is 2. The van der Waals surface area contributed by atoms with Crippen LogP contribution in [0, 0.1) is 0 Å². The smallest absolute Gasteiger partial charge is 0.443 e. The van der Waals surface area contributed by atoms with Gasteiger partial charge in [-0.1, -0.05) is 3.97 Å². The number of carbonyl (C=O) groups excluding carboxylic acids is 2. The van der Waals surface area contributed by atoms with E-state index in [4.69, 9.17) is 9.47 Å². The summed E-state index contributed by atoms with van der Waals surface area (Å²) in [5.74, 6) is 0. The van der Waals surface area contributed by atoms with Gasteiger partial charge in [-0.15, -0.1) is 8.42 Å². The highest BCUT2D eigenvalue weighted by molar-refractivity contribution is 7.87. The van der Waals surface area contributed by atoms with Crippen LogP contribution in [-0.4, -0.2) is 118 Å². The Bertz CT molecular complexity index is 1380. The molecular weight excluding hydrogens is 645 g/mol. The molecule has 0 aliphatic heterocycles. The van der Waals surface area contributed by atoms with Crippen molar-refractivity contribution in [2.24, 2.45) is 5.14 Å². The van der Waals surface area contributed by atoms with E-state index < -0.39 is 54.0 Å². The van der Waals surface area contributed by atoms with Gasteiger partial charge in [-0.25, -0.2) is 24.0 Å². The zero-order valence-corrected chi connectivity index (χ0v) is 30.1. The molecule has 258 valence electrons. The summed E-state index contributed by atoms with van der Waals surface area (Å²) in [5, 5.41) is 7.33. The molecule has 1 aromatic rings. The maximum absolute atomic E-state index is 11.9. The second-order valence-corrected chi connectivity index (χ2v) is 16.1. The Kier molecular flexibility index (Phi) is 19.4. The van der Waals surface area contributed by atoms with Crippen LogP contribution in [0.3, 0.4) is 0 Å². The van der Waals surface area contributed by atoms with Crippen molar-refractivity contribution < 1.29 is 52.9 Å². The monoisotopic (exact) mass is 694 g/mol. The molecular formula is C23H50N8O10S3+2. The Balaban J connectivity index is -0.000000606. The van der Waals surface area contributed by atoms with Crippen molar-refractivity contribution in [3.05, 3.63) is 24.5 Å². The molecule has 0 aromatic carbocycles. The van der Waals surface area contributed by atoms with Gasteiger partial charge in [0.05, 0.1) is 12.1 Å². The lowest BCUT2D eigenvalue weighted by Gasteiger charge is -2.20. The number of aromatic nitrogens is 1. The first-order valence-corrected chi connectivity index (χ1v) is 16.8. The molecule has 18 nitrogen and oxygen atoms in total. The minimum Gasteiger partial charge on any atom is -0.443 e. The maximum Gasteiger partial charge on any atom is 0.475 e. The Morgan fingerprint density at radius 1 is 0.818 bits per heavy atom. The lowest BCUT2D eigenvalue weighted by molar-refractivity contribution is -0.514. The summed E-state index contributed by atoms with van der Waals surface area (Å²) in [7, 11) is -0.345.